The van der Waals surface area contributed by atoms with Gasteiger partial charge >= 0.3 is 5.97 Å². The van der Waals surface area contributed by atoms with Crippen LogP contribution in [-0.2, 0) is 9.53 Å². The van der Waals surface area contributed by atoms with Crippen LogP contribution in [0.25, 0.3) is 0 Å². The van der Waals surface area contributed by atoms with E-state index in [0.717, 1.165) is 18.6 Å². The van der Waals surface area contributed by atoms with Gasteiger partial charge in [0.1, 0.15) is 0 Å². The van der Waals surface area contributed by atoms with Crippen LogP contribution in [-0.4, -0.2) is 23.8 Å². The third-order valence-corrected chi connectivity index (χ3v) is 2.12. The van der Waals surface area contributed by atoms with Gasteiger partial charge in [-0.05, 0) is 19.8 Å². The van der Waals surface area contributed by atoms with Crippen molar-refractivity contribution in [1.29, 1.82) is 0 Å². The number of aliphatic carboxylic acids is 1. The second-order valence-corrected chi connectivity index (χ2v) is 3.19. The lowest BCUT2D eigenvalue weighted by molar-refractivity contribution is -0.132. The van der Waals surface area contributed by atoms with Crippen LogP contribution in [0, 0.1) is 0 Å². The second kappa shape index (κ2) is 4.23. The van der Waals surface area contributed by atoms with E-state index in [0.29, 0.717) is 12.0 Å². The number of rotatable bonds is 5. The number of carboxylic acids is 1. The monoisotopic (exact) mass is 182 g/mol. The fraction of sp³-hybridized carbons (Fsp3) is 0.500. The molecular weight excluding hydrogens is 168 g/mol. The van der Waals surface area contributed by atoms with Gasteiger partial charge in [0.25, 0.3) is 0 Å². The molecule has 13 heavy (non-hydrogen) atoms. The van der Waals surface area contributed by atoms with Crippen molar-refractivity contribution in [3.63, 3.8) is 0 Å². The van der Waals surface area contributed by atoms with Gasteiger partial charge in [-0.25, -0.2) is 4.79 Å². The van der Waals surface area contributed by atoms with E-state index in [1.807, 2.05) is 0 Å². The van der Waals surface area contributed by atoms with Crippen molar-refractivity contribution in [3.8, 4) is 0 Å². The van der Waals surface area contributed by atoms with E-state index in [-0.39, 0.29) is 6.10 Å². The smallest absolute Gasteiger partial charge is 0.331 e. The molecule has 3 nitrogen and oxygen atoms in total. The minimum Gasteiger partial charge on any atom is -0.478 e. The van der Waals surface area contributed by atoms with Crippen LogP contribution in [0.15, 0.2) is 23.8 Å². The molecule has 0 bridgehead atoms. The Morgan fingerprint density at radius 3 is 2.77 bits per heavy atom. The average molecular weight is 182 g/mol. The Hall–Kier alpha value is -1.09. The molecule has 3 heteroatoms. The zero-order valence-corrected chi connectivity index (χ0v) is 7.75. The molecule has 0 aromatic carbocycles. The Kier molecular flexibility index (Phi) is 3.25. The van der Waals surface area contributed by atoms with Crippen LogP contribution in [0.3, 0.4) is 0 Å². The first-order valence-electron chi connectivity index (χ1n) is 4.29. The van der Waals surface area contributed by atoms with Gasteiger partial charge < -0.3 is 9.84 Å². The summed E-state index contributed by atoms with van der Waals surface area (Å²) in [6.07, 6.45) is 3.33. The molecule has 0 amide bonds. The van der Waals surface area contributed by atoms with Crippen LogP contribution in [0.2, 0.25) is 0 Å². The predicted octanol–water partition coefficient (Wildman–Crippen LogP) is 1.75. The highest BCUT2D eigenvalue weighted by atomic mass is 16.6. The van der Waals surface area contributed by atoms with Gasteiger partial charge in [0.05, 0.1) is 12.7 Å². The molecular formula is C10H14O3. The van der Waals surface area contributed by atoms with Gasteiger partial charge in [-0.1, -0.05) is 11.6 Å². The van der Waals surface area contributed by atoms with Crippen molar-refractivity contribution >= 4 is 5.97 Å². The van der Waals surface area contributed by atoms with Crippen LogP contribution < -0.4 is 0 Å². The molecule has 0 aromatic heterocycles. The van der Waals surface area contributed by atoms with E-state index in [4.69, 9.17) is 9.84 Å². The van der Waals surface area contributed by atoms with Gasteiger partial charge in [0, 0.05) is 5.57 Å². The van der Waals surface area contributed by atoms with Crippen molar-refractivity contribution in [1.82, 2.24) is 0 Å². The van der Waals surface area contributed by atoms with Crippen molar-refractivity contribution in [2.45, 2.75) is 25.9 Å². The largest absolute Gasteiger partial charge is 0.478 e. The maximum absolute atomic E-state index is 10.7. The zero-order chi connectivity index (χ0) is 9.84. The van der Waals surface area contributed by atoms with E-state index < -0.39 is 5.97 Å². The molecule has 0 radical (unpaired) electrons. The first kappa shape index (κ1) is 9.99. The minimum absolute atomic E-state index is 0.240. The van der Waals surface area contributed by atoms with Gasteiger partial charge in [-0.2, -0.15) is 0 Å². The molecule has 1 unspecified atom stereocenters. The molecule has 0 aromatic rings. The number of carboxylic acid groups (broad SMARTS) is 1. The first-order chi connectivity index (χ1) is 6.15. The lowest BCUT2D eigenvalue weighted by Gasteiger charge is -2.04. The maximum Gasteiger partial charge on any atom is 0.331 e. The van der Waals surface area contributed by atoms with Crippen molar-refractivity contribution < 1.29 is 14.6 Å². The van der Waals surface area contributed by atoms with E-state index in [2.05, 4.69) is 6.58 Å². The molecule has 1 N–H and O–H groups in total. The lowest BCUT2D eigenvalue weighted by Crippen LogP contribution is -2.03. The normalized spacial score (nSPS) is 22.1. The summed E-state index contributed by atoms with van der Waals surface area (Å²) >= 11 is 0. The number of hydrogen-bond acceptors (Lipinski definition) is 2. The highest BCUT2D eigenvalue weighted by Gasteiger charge is 2.24. The SMILES string of the molecule is C=CC/C(CC1CO1)=C(\C)C(=O)O. The number of epoxide rings is 1. The molecule has 1 saturated heterocycles. The van der Waals surface area contributed by atoms with Crippen LogP contribution in [0.1, 0.15) is 19.8 Å². The summed E-state index contributed by atoms with van der Waals surface area (Å²) in [6.45, 7) is 5.99. The summed E-state index contributed by atoms with van der Waals surface area (Å²) in [4.78, 5) is 10.7. The summed E-state index contributed by atoms with van der Waals surface area (Å²) in [5.74, 6) is -0.850. The molecule has 72 valence electrons. The van der Waals surface area contributed by atoms with Crippen molar-refractivity contribution in [2.24, 2.45) is 0 Å². The summed E-state index contributed by atoms with van der Waals surface area (Å²) in [5, 5.41) is 8.78. The standard InChI is InChI=1S/C10H14O3/c1-3-4-8(5-9-6-13-9)7(2)10(11)12/h3,9H,1,4-6H2,2H3,(H,11,12)/b8-7-. The second-order valence-electron chi connectivity index (χ2n) is 3.19. The lowest BCUT2D eigenvalue weighted by atomic mass is 10.0. The van der Waals surface area contributed by atoms with Crippen LogP contribution in [0.5, 0.6) is 0 Å². The molecule has 1 rings (SSSR count). The molecule has 0 saturated carbocycles. The highest BCUT2D eigenvalue weighted by molar-refractivity contribution is 5.86. The molecule has 1 fully saturated rings. The van der Waals surface area contributed by atoms with Gasteiger partial charge in [-0.15, -0.1) is 6.58 Å². The Morgan fingerprint density at radius 2 is 2.38 bits per heavy atom. The number of ether oxygens (including phenoxy) is 1. The van der Waals surface area contributed by atoms with E-state index in [9.17, 15) is 4.79 Å². The van der Waals surface area contributed by atoms with Crippen molar-refractivity contribution in [2.75, 3.05) is 6.61 Å². The molecule has 0 aliphatic carbocycles. The highest BCUT2D eigenvalue weighted by Crippen LogP contribution is 2.23. The quantitative estimate of drug-likeness (QED) is 0.400. The molecule has 1 heterocycles. The Labute approximate surface area is 77.7 Å². The zero-order valence-electron chi connectivity index (χ0n) is 7.75. The summed E-state index contributed by atoms with van der Waals surface area (Å²) < 4.78 is 5.05. The molecule has 0 spiro atoms. The topological polar surface area (TPSA) is 49.8 Å². The van der Waals surface area contributed by atoms with Gasteiger partial charge in [-0.3, -0.25) is 0 Å². The van der Waals surface area contributed by atoms with Gasteiger partial charge in [0.15, 0.2) is 0 Å². The fourth-order valence-corrected chi connectivity index (χ4v) is 1.18. The summed E-state index contributed by atoms with van der Waals surface area (Å²) in [6, 6.07) is 0. The summed E-state index contributed by atoms with van der Waals surface area (Å²) in [5.41, 5.74) is 1.35. The molecule has 1 atom stereocenters. The summed E-state index contributed by atoms with van der Waals surface area (Å²) in [7, 11) is 0. The first-order valence-corrected chi connectivity index (χ1v) is 4.29. The van der Waals surface area contributed by atoms with E-state index in [1.54, 1.807) is 13.0 Å². The van der Waals surface area contributed by atoms with Gasteiger partial charge in [0.2, 0.25) is 0 Å². The average Bonchev–Trinajstić information content (AvgIpc) is 2.86. The molecule has 1 aliphatic heterocycles. The number of carbonyl (C=O) groups is 1. The third-order valence-electron chi connectivity index (χ3n) is 2.12. The minimum atomic E-state index is -0.850. The van der Waals surface area contributed by atoms with E-state index in [1.165, 1.54) is 0 Å². The Balaban J connectivity index is 2.67. The Morgan fingerprint density at radius 1 is 1.77 bits per heavy atom. The maximum atomic E-state index is 10.7. The third kappa shape index (κ3) is 3.03. The van der Waals surface area contributed by atoms with E-state index >= 15 is 0 Å². The molecule has 1 aliphatic rings. The van der Waals surface area contributed by atoms with Crippen molar-refractivity contribution in [3.05, 3.63) is 23.8 Å². The van der Waals surface area contributed by atoms with Crippen LogP contribution in [0.4, 0.5) is 0 Å². The number of hydrogen-bond donors (Lipinski definition) is 1. The number of allylic oxidation sites excluding steroid dienone is 1. The predicted molar refractivity (Wildman–Crippen MR) is 49.5 cm³/mol. The fourth-order valence-electron chi connectivity index (χ4n) is 1.18. The van der Waals surface area contributed by atoms with Crippen LogP contribution >= 0.6 is 0 Å². The Bertz CT molecular complexity index is 249.